The lowest BCUT2D eigenvalue weighted by molar-refractivity contribution is 0.183. The van der Waals surface area contributed by atoms with E-state index in [0.717, 1.165) is 6.42 Å². The van der Waals surface area contributed by atoms with Crippen LogP contribution < -0.4 is 5.32 Å². The Morgan fingerprint density at radius 3 is 2.44 bits per heavy atom. The summed E-state index contributed by atoms with van der Waals surface area (Å²) in [7, 11) is 1.68. The standard InChI is InChI=1S/C12H26N2O2/c1-10(2)8-12(3,4)9-13-11(16)14(5)6-7-15/h10,15H,6-9H2,1-5H3,(H,13,16). The van der Waals surface area contributed by atoms with Gasteiger partial charge in [0.2, 0.25) is 0 Å². The van der Waals surface area contributed by atoms with Gasteiger partial charge in [0.15, 0.2) is 0 Å². The summed E-state index contributed by atoms with van der Waals surface area (Å²) in [4.78, 5) is 13.1. The van der Waals surface area contributed by atoms with Gasteiger partial charge in [-0.15, -0.1) is 0 Å². The van der Waals surface area contributed by atoms with Gasteiger partial charge in [0.05, 0.1) is 6.61 Å². The molecule has 0 rings (SSSR count). The van der Waals surface area contributed by atoms with E-state index in [1.807, 2.05) is 0 Å². The van der Waals surface area contributed by atoms with Crippen molar-refractivity contribution in [2.75, 3.05) is 26.7 Å². The Bertz CT molecular complexity index is 215. The van der Waals surface area contributed by atoms with E-state index in [2.05, 4.69) is 33.0 Å². The van der Waals surface area contributed by atoms with Gasteiger partial charge < -0.3 is 15.3 Å². The molecule has 0 aromatic heterocycles. The number of carbonyl (C=O) groups is 1. The molecule has 0 radical (unpaired) electrons. The highest BCUT2D eigenvalue weighted by Gasteiger charge is 2.20. The zero-order valence-corrected chi connectivity index (χ0v) is 11.2. The van der Waals surface area contributed by atoms with Crippen LogP contribution in [0.1, 0.15) is 34.1 Å². The Balaban J connectivity index is 3.99. The van der Waals surface area contributed by atoms with E-state index in [4.69, 9.17) is 5.11 Å². The molecule has 16 heavy (non-hydrogen) atoms. The average Bonchev–Trinajstić information content (AvgIpc) is 2.12. The molecular formula is C12H26N2O2. The lowest BCUT2D eigenvalue weighted by Gasteiger charge is -2.28. The van der Waals surface area contributed by atoms with E-state index in [1.54, 1.807) is 7.05 Å². The van der Waals surface area contributed by atoms with Crippen molar-refractivity contribution in [1.29, 1.82) is 0 Å². The van der Waals surface area contributed by atoms with Gasteiger partial charge >= 0.3 is 6.03 Å². The van der Waals surface area contributed by atoms with Crippen molar-refractivity contribution in [3.05, 3.63) is 0 Å². The minimum absolute atomic E-state index is 0.000688. The zero-order valence-electron chi connectivity index (χ0n) is 11.2. The van der Waals surface area contributed by atoms with Crippen LogP contribution in [0, 0.1) is 11.3 Å². The van der Waals surface area contributed by atoms with E-state index in [-0.39, 0.29) is 18.1 Å². The van der Waals surface area contributed by atoms with Crippen LogP contribution >= 0.6 is 0 Å². The van der Waals surface area contributed by atoms with Crippen LogP contribution in [0.25, 0.3) is 0 Å². The summed E-state index contributed by atoms with van der Waals surface area (Å²) in [6, 6.07) is -0.120. The molecule has 2 N–H and O–H groups in total. The Kier molecular flexibility index (Phi) is 6.41. The van der Waals surface area contributed by atoms with Crippen molar-refractivity contribution in [1.82, 2.24) is 10.2 Å². The van der Waals surface area contributed by atoms with Crippen molar-refractivity contribution < 1.29 is 9.90 Å². The van der Waals surface area contributed by atoms with Crippen LogP contribution in [0.4, 0.5) is 4.79 Å². The molecule has 0 fully saturated rings. The van der Waals surface area contributed by atoms with Crippen molar-refractivity contribution >= 4 is 6.03 Å². The quantitative estimate of drug-likeness (QED) is 0.729. The second-order valence-corrected chi connectivity index (χ2v) is 5.57. The molecule has 4 heteroatoms. The van der Waals surface area contributed by atoms with Gasteiger partial charge in [-0.3, -0.25) is 0 Å². The topological polar surface area (TPSA) is 52.6 Å². The smallest absolute Gasteiger partial charge is 0.317 e. The summed E-state index contributed by atoms with van der Waals surface area (Å²) in [5, 5.41) is 11.6. The molecule has 0 bridgehead atoms. The summed E-state index contributed by atoms with van der Waals surface area (Å²) in [6.45, 7) is 9.71. The fourth-order valence-electron chi connectivity index (χ4n) is 1.88. The first kappa shape index (κ1) is 15.2. The van der Waals surface area contributed by atoms with E-state index in [0.29, 0.717) is 19.0 Å². The van der Waals surface area contributed by atoms with Gasteiger partial charge in [-0.25, -0.2) is 4.79 Å². The number of amides is 2. The van der Waals surface area contributed by atoms with Gasteiger partial charge in [0.1, 0.15) is 0 Å². The molecular weight excluding hydrogens is 204 g/mol. The molecule has 0 saturated carbocycles. The molecule has 0 aromatic rings. The highest BCUT2D eigenvalue weighted by molar-refractivity contribution is 5.73. The Morgan fingerprint density at radius 2 is 2.00 bits per heavy atom. The van der Waals surface area contributed by atoms with Crippen LogP contribution in [0.3, 0.4) is 0 Å². The summed E-state index contributed by atoms with van der Waals surface area (Å²) in [5.74, 6) is 0.627. The first-order valence-corrected chi connectivity index (χ1v) is 5.88. The third-order valence-electron chi connectivity index (χ3n) is 2.46. The normalized spacial score (nSPS) is 11.7. The Labute approximate surface area is 99.0 Å². The average molecular weight is 230 g/mol. The monoisotopic (exact) mass is 230 g/mol. The fourth-order valence-corrected chi connectivity index (χ4v) is 1.88. The molecule has 0 unspecified atom stereocenters. The number of aliphatic hydroxyl groups is 1. The maximum Gasteiger partial charge on any atom is 0.317 e. The number of aliphatic hydroxyl groups excluding tert-OH is 1. The second kappa shape index (κ2) is 6.74. The molecule has 2 amide bonds. The van der Waals surface area contributed by atoms with Crippen LogP contribution in [0.15, 0.2) is 0 Å². The molecule has 0 aliphatic rings. The predicted molar refractivity (Wildman–Crippen MR) is 66.4 cm³/mol. The molecule has 0 spiro atoms. The van der Waals surface area contributed by atoms with Gasteiger partial charge in [0, 0.05) is 20.1 Å². The highest BCUT2D eigenvalue weighted by atomic mass is 16.3. The van der Waals surface area contributed by atoms with E-state index in [1.165, 1.54) is 4.90 Å². The molecule has 4 nitrogen and oxygen atoms in total. The van der Waals surface area contributed by atoms with E-state index in [9.17, 15) is 4.79 Å². The van der Waals surface area contributed by atoms with Crippen LogP contribution in [-0.4, -0.2) is 42.8 Å². The molecule has 0 aromatic carbocycles. The van der Waals surface area contributed by atoms with Crippen molar-refractivity contribution in [3.63, 3.8) is 0 Å². The minimum atomic E-state index is -0.120. The maximum absolute atomic E-state index is 11.6. The van der Waals surface area contributed by atoms with Crippen molar-refractivity contribution in [3.8, 4) is 0 Å². The number of carbonyl (C=O) groups excluding carboxylic acids is 1. The molecule has 0 heterocycles. The van der Waals surface area contributed by atoms with Crippen LogP contribution in [0.2, 0.25) is 0 Å². The Hall–Kier alpha value is -0.770. The number of nitrogens with zero attached hydrogens (tertiary/aromatic N) is 1. The Morgan fingerprint density at radius 1 is 1.44 bits per heavy atom. The summed E-state index contributed by atoms with van der Waals surface area (Å²) < 4.78 is 0. The van der Waals surface area contributed by atoms with Crippen molar-refractivity contribution in [2.45, 2.75) is 34.1 Å². The first-order valence-electron chi connectivity index (χ1n) is 5.88. The van der Waals surface area contributed by atoms with Gasteiger partial charge in [-0.2, -0.15) is 0 Å². The van der Waals surface area contributed by atoms with Gasteiger partial charge in [-0.1, -0.05) is 27.7 Å². The number of hydrogen-bond donors (Lipinski definition) is 2. The maximum atomic E-state index is 11.6. The van der Waals surface area contributed by atoms with E-state index < -0.39 is 0 Å². The number of likely N-dealkylation sites (N-methyl/N-ethyl adjacent to an activating group) is 1. The second-order valence-electron chi connectivity index (χ2n) is 5.57. The van der Waals surface area contributed by atoms with E-state index >= 15 is 0 Å². The van der Waals surface area contributed by atoms with Crippen LogP contribution in [-0.2, 0) is 0 Å². The van der Waals surface area contributed by atoms with Gasteiger partial charge in [-0.05, 0) is 17.8 Å². The zero-order chi connectivity index (χ0) is 12.8. The molecule has 0 atom stereocenters. The SMILES string of the molecule is CC(C)CC(C)(C)CNC(=O)N(C)CCO. The van der Waals surface area contributed by atoms with Crippen molar-refractivity contribution in [2.24, 2.45) is 11.3 Å². The molecule has 96 valence electrons. The lowest BCUT2D eigenvalue weighted by Crippen LogP contribution is -2.43. The fraction of sp³-hybridized carbons (Fsp3) is 0.917. The number of nitrogens with one attached hydrogen (secondary N) is 1. The third-order valence-corrected chi connectivity index (χ3v) is 2.46. The number of hydrogen-bond acceptors (Lipinski definition) is 2. The summed E-state index contributed by atoms with van der Waals surface area (Å²) >= 11 is 0. The van der Waals surface area contributed by atoms with Gasteiger partial charge in [0.25, 0.3) is 0 Å². The summed E-state index contributed by atoms with van der Waals surface area (Å²) in [5.41, 5.74) is 0.115. The predicted octanol–water partition coefficient (Wildman–Crippen LogP) is 1.69. The lowest BCUT2D eigenvalue weighted by atomic mass is 9.84. The molecule has 0 aliphatic heterocycles. The first-order chi connectivity index (χ1) is 7.28. The molecule has 0 aliphatic carbocycles. The third kappa shape index (κ3) is 6.67. The molecule has 0 saturated heterocycles. The minimum Gasteiger partial charge on any atom is -0.395 e. The van der Waals surface area contributed by atoms with Crippen LogP contribution in [0.5, 0.6) is 0 Å². The number of rotatable bonds is 6. The number of urea groups is 1. The highest BCUT2D eigenvalue weighted by Crippen LogP contribution is 2.23. The summed E-state index contributed by atoms with van der Waals surface area (Å²) in [6.07, 6.45) is 1.08. The largest absolute Gasteiger partial charge is 0.395 e.